The summed E-state index contributed by atoms with van der Waals surface area (Å²) < 4.78 is 25.7. The Bertz CT molecular complexity index is 783. The molecule has 0 bridgehead atoms. The van der Waals surface area contributed by atoms with E-state index in [1.807, 2.05) is 0 Å². The van der Waals surface area contributed by atoms with Gasteiger partial charge in [-0.2, -0.15) is 0 Å². The molecule has 2 rings (SSSR count). The molecule has 0 radical (unpaired) electrons. The van der Waals surface area contributed by atoms with E-state index in [2.05, 4.69) is 10.9 Å². The van der Waals surface area contributed by atoms with Gasteiger partial charge in [-0.05, 0) is 20.8 Å². The van der Waals surface area contributed by atoms with Gasteiger partial charge in [0.15, 0.2) is 0 Å². The zero-order chi connectivity index (χ0) is 18.1. The van der Waals surface area contributed by atoms with E-state index in [1.165, 1.54) is 0 Å². The van der Waals surface area contributed by atoms with Crippen LogP contribution in [0.4, 0.5) is 4.39 Å². The van der Waals surface area contributed by atoms with Gasteiger partial charge in [-0.1, -0.05) is 5.92 Å². The molecule has 0 amide bonds. The lowest BCUT2D eigenvalue weighted by molar-refractivity contribution is -0.158. The molecule has 1 aliphatic heterocycles. The zero-order valence-corrected chi connectivity index (χ0v) is 13.7. The number of esters is 1. The van der Waals surface area contributed by atoms with E-state index in [0.717, 1.165) is 10.8 Å². The predicted octanol–water partition coefficient (Wildman–Crippen LogP) is 0.733. The molecule has 1 N–H and O–H groups in total. The molecule has 0 aliphatic carbocycles. The fourth-order valence-electron chi connectivity index (χ4n) is 2.19. The lowest BCUT2D eigenvalue weighted by Gasteiger charge is -2.20. The molecule has 2 heterocycles. The van der Waals surface area contributed by atoms with Gasteiger partial charge >= 0.3 is 11.7 Å². The Kier molecular flexibility index (Phi) is 4.94. The molecule has 130 valence electrons. The van der Waals surface area contributed by atoms with Crippen LogP contribution in [0, 0.1) is 17.8 Å². The summed E-state index contributed by atoms with van der Waals surface area (Å²) in [5.74, 6) is 1.67. The van der Waals surface area contributed by atoms with Crippen molar-refractivity contribution in [3.63, 3.8) is 0 Å². The third-order valence-electron chi connectivity index (χ3n) is 3.59. The number of aromatic nitrogens is 2. The summed E-state index contributed by atoms with van der Waals surface area (Å²) in [7, 11) is 0. The number of alkyl halides is 1. The molecule has 0 spiro atoms. The Morgan fingerprint density at radius 2 is 2.21 bits per heavy atom. The largest absolute Gasteiger partial charge is 0.462 e. The minimum absolute atomic E-state index is 0.0591. The van der Waals surface area contributed by atoms with Gasteiger partial charge in [0.2, 0.25) is 0 Å². The highest BCUT2D eigenvalue weighted by molar-refractivity contribution is 5.75. The van der Waals surface area contributed by atoms with Gasteiger partial charge in [-0.3, -0.25) is 19.1 Å². The SMILES string of the molecule is C#Cc1cn([C@H]2C[C@H](F)[C@@H](COC(=O)C(C)(C)C)O2)c(=O)[nH]c1=O. The van der Waals surface area contributed by atoms with Crippen LogP contribution < -0.4 is 11.2 Å². The van der Waals surface area contributed by atoms with E-state index in [-0.39, 0.29) is 18.6 Å². The highest BCUT2D eigenvalue weighted by Gasteiger charge is 2.38. The molecule has 1 fully saturated rings. The van der Waals surface area contributed by atoms with Crippen molar-refractivity contribution < 1.29 is 18.7 Å². The molecule has 1 aliphatic rings. The van der Waals surface area contributed by atoms with Crippen molar-refractivity contribution in [3.8, 4) is 12.3 Å². The number of terminal acetylenes is 1. The van der Waals surface area contributed by atoms with Crippen molar-refractivity contribution in [2.45, 2.75) is 45.7 Å². The molecule has 8 heteroatoms. The second-order valence-corrected chi connectivity index (χ2v) is 6.58. The first kappa shape index (κ1) is 17.9. The Hall–Kier alpha value is -2.40. The molecule has 0 unspecified atom stereocenters. The third kappa shape index (κ3) is 3.74. The smallest absolute Gasteiger partial charge is 0.330 e. The summed E-state index contributed by atoms with van der Waals surface area (Å²) in [5.41, 5.74) is -2.20. The first-order valence-corrected chi connectivity index (χ1v) is 7.42. The van der Waals surface area contributed by atoms with Crippen molar-refractivity contribution in [1.82, 2.24) is 9.55 Å². The van der Waals surface area contributed by atoms with Crippen LogP contribution in [0.5, 0.6) is 0 Å². The number of ether oxygens (including phenoxy) is 2. The van der Waals surface area contributed by atoms with Gasteiger partial charge in [0.1, 0.15) is 30.7 Å². The van der Waals surface area contributed by atoms with E-state index in [0.29, 0.717) is 0 Å². The predicted molar refractivity (Wildman–Crippen MR) is 83.1 cm³/mol. The van der Waals surface area contributed by atoms with Crippen LogP contribution >= 0.6 is 0 Å². The lowest BCUT2D eigenvalue weighted by atomic mass is 9.97. The molecule has 1 saturated heterocycles. The van der Waals surface area contributed by atoms with Crippen molar-refractivity contribution in [3.05, 3.63) is 32.6 Å². The summed E-state index contributed by atoms with van der Waals surface area (Å²) in [5, 5.41) is 0. The molecule has 0 aromatic carbocycles. The minimum atomic E-state index is -1.42. The average molecular weight is 338 g/mol. The number of aromatic amines is 1. The molecular formula is C16H19FN2O5. The molecule has 1 aromatic rings. The molecule has 7 nitrogen and oxygen atoms in total. The maximum absolute atomic E-state index is 14.1. The van der Waals surface area contributed by atoms with E-state index in [9.17, 15) is 18.8 Å². The topological polar surface area (TPSA) is 90.4 Å². The monoisotopic (exact) mass is 338 g/mol. The average Bonchev–Trinajstić information content (AvgIpc) is 2.84. The summed E-state index contributed by atoms with van der Waals surface area (Å²) >= 11 is 0. The van der Waals surface area contributed by atoms with Gasteiger partial charge in [0, 0.05) is 12.6 Å². The third-order valence-corrected chi connectivity index (χ3v) is 3.59. The zero-order valence-electron chi connectivity index (χ0n) is 13.7. The molecule has 0 saturated carbocycles. The second kappa shape index (κ2) is 6.61. The number of rotatable bonds is 3. The van der Waals surface area contributed by atoms with Crippen LogP contribution in [-0.2, 0) is 14.3 Å². The standard InChI is InChI=1S/C16H19FN2O5/c1-5-9-7-19(15(22)18-13(9)20)12-6-10(17)11(24-12)8-23-14(21)16(2,3)4/h1,7,10-12H,6,8H2,2-4H3,(H,18,20,22)/t10-,11+,12+/m0/s1. The number of nitrogens with zero attached hydrogens (tertiary/aromatic N) is 1. The highest BCUT2D eigenvalue weighted by atomic mass is 19.1. The number of hydrogen-bond acceptors (Lipinski definition) is 5. The molecule has 24 heavy (non-hydrogen) atoms. The number of carbonyl (C=O) groups is 1. The van der Waals surface area contributed by atoms with Crippen LogP contribution in [0.1, 0.15) is 39.0 Å². The first-order valence-electron chi connectivity index (χ1n) is 7.42. The van der Waals surface area contributed by atoms with Crippen molar-refractivity contribution in [2.75, 3.05) is 6.61 Å². The van der Waals surface area contributed by atoms with E-state index in [1.54, 1.807) is 20.8 Å². The van der Waals surface area contributed by atoms with Crippen LogP contribution in [0.25, 0.3) is 0 Å². The first-order chi connectivity index (χ1) is 11.1. The van der Waals surface area contributed by atoms with Gasteiger partial charge < -0.3 is 9.47 Å². The fourth-order valence-corrected chi connectivity index (χ4v) is 2.19. The number of hydrogen-bond donors (Lipinski definition) is 1. The van der Waals surface area contributed by atoms with Gasteiger partial charge in [0.25, 0.3) is 5.56 Å². The molecule has 1 aromatic heterocycles. The quantitative estimate of drug-likeness (QED) is 0.648. The van der Waals surface area contributed by atoms with Crippen LogP contribution in [0.15, 0.2) is 15.8 Å². The normalized spacial score (nSPS) is 23.7. The fraction of sp³-hybridized carbons (Fsp3) is 0.562. The van der Waals surface area contributed by atoms with Gasteiger partial charge in [-0.15, -0.1) is 6.42 Å². The number of halogens is 1. The Morgan fingerprint density at radius 3 is 2.79 bits per heavy atom. The molecule has 3 atom stereocenters. The Balaban J connectivity index is 2.12. The van der Waals surface area contributed by atoms with Crippen LogP contribution in [0.2, 0.25) is 0 Å². The Labute approximate surface area is 137 Å². The summed E-state index contributed by atoms with van der Waals surface area (Å²) in [6, 6.07) is 0. The Morgan fingerprint density at radius 1 is 1.54 bits per heavy atom. The number of carbonyl (C=O) groups excluding carboxylic acids is 1. The van der Waals surface area contributed by atoms with Gasteiger partial charge in [0.05, 0.1) is 5.41 Å². The maximum Gasteiger partial charge on any atom is 0.330 e. The molecular weight excluding hydrogens is 319 g/mol. The summed E-state index contributed by atoms with van der Waals surface area (Å²) in [6.45, 7) is 4.79. The van der Waals surface area contributed by atoms with Crippen molar-refractivity contribution in [2.24, 2.45) is 5.41 Å². The van der Waals surface area contributed by atoms with Crippen molar-refractivity contribution >= 4 is 5.97 Å². The van der Waals surface area contributed by atoms with E-state index in [4.69, 9.17) is 15.9 Å². The second-order valence-electron chi connectivity index (χ2n) is 6.58. The number of H-pyrrole nitrogens is 1. The number of nitrogens with one attached hydrogen (secondary N) is 1. The van der Waals surface area contributed by atoms with Gasteiger partial charge in [-0.25, -0.2) is 9.18 Å². The lowest BCUT2D eigenvalue weighted by Crippen LogP contribution is -2.34. The van der Waals surface area contributed by atoms with E-state index >= 15 is 0 Å². The summed E-state index contributed by atoms with van der Waals surface area (Å²) in [4.78, 5) is 37.1. The highest BCUT2D eigenvalue weighted by Crippen LogP contribution is 2.30. The minimum Gasteiger partial charge on any atom is -0.462 e. The van der Waals surface area contributed by atoms with Crippen LogP contribution in [0.3, 0.4) is 0 Å². The summed E-state index contributed by atoms with van der Waals surface area (Å²) in [6.07, 6.45) is 2.88. The van der Waals surface area contributed by atoms with E-state index < -0.39 is 41.1 Å². The van der Waals surface area contributed by atoms with Crippen LogP contribution in [-0.4, -0.2) is 34.4 Å². The maximum atomic E-state index is 14.1. The van der Waals surface area contributed by atoms with Crippen molar-refractivity contribution in [1.29, 1.82) is 0 Å².